The van der Waals surface area contributed by atoms with Gasteiger partial charge in [-0.2, -0.15) is 0 Å². The first-order valence-corrected chi connectivity index (χ1v) is 18.1. The van der Waals surface area contributed by atoms with Gasteiger partial charge < -0.3 is 19.1 Å². The van der Waals surface area contributed by atoms with Crippen LogP contribution < -0.4 is 14.4 Å². The largest absolute Gasteiger partial charge is 0.490 e. The minimum absolute atomic E-state index is 0.0846. The molecule has 46 heavy (non-hydrogen) atoms. The lowest BCUT2D eigenvalue weighted by Crippen LogP contribution is -2.49. The molecule has 1 spiro atoms. The number of benzene rings is 2. The average molecular weight is 670 g/mol. The Morgan fingerprint density at radius 3 is 2.78 bits per heavy atom. The number of nitrogens with one attached hydrogen (secondary N) is 1. The molecule has 2 aromatic carbocycles. The van der Waals surface area contributed by atoms with Crippen LogP contribution in [0, 0.1) is 11.8 Å². The molecule has 2 heterocycles. The molecule has 2 bridgehead atoms. The Hall–Kier alpha value is -2.92. The first kappa shape index (κ1) is 33.0. The van der Waals surface area contributed by atoms with E-state index < -0.39 is 27.3 Å². The topological polar surface area (TPSA) is 107 Å². The summed E-state index contributed by atoms with van der Waals surface area (Å²) in [5.41, 5.74) is 1.62. The van der Waals surface area contributed by atoms with Crippen molar-refractivity contribution >= 4 is 39.0 Å². The molecule has 248 valence electrons. The summed E-state index contributed by atoms with van der Waals surface area (Å²) < 4.78 is 39.9. The Labute approximate surface area is 277 Å². The van der Waals surface area contributed by atoms with E-state index in [1.165, 1.54) is 11.1 Å². The molecular weight excluding hydrogens is 626 g/mol. The molecule has 2 aliphatic carbocycles. The minimum atomic E-state index is -3.71. The molecule has 6 rings (SSSR count). The predicted octanol–water partition coefficient (Wildman–Crippen LogP) is 6.01. The Balaban J connectivity index is 1.51. The number of halogens is 1. The smallest absolute Gasteiger partial charge is 0.287 e. The normalized spacial score (nSPS) is 31.3. The van der Waals surface area contributed by atoms with E-state index in [0.29, 0.717) is 30.7 Å². The summed E-state index contributed by atoms with van der Waals surface area (Å²) in [7, 11) is -1.98. The molecule has 0 saturated heterocycles. The Morgan fingerprint density at radius 1 is 1.22 bits per heavy atom. The third-order valence-corrected chi connectivity index (χ3v) is 12.2. The number of methoxy groups -OCH3 is 1. The number of hydrogen-bond acceptors (Lipinski definition) is 7. The van der Waals surface area contributed by atoms with Crippen LogP contribution in [0.3, 0.4) is 0 Å². The molecule has 2 amide bonds. The number of hydrogen-bond donors (Lipinski definition) is 1. The first-order chi connectivity index (χ1) is 22.0. The number of ether oxygens (including phenoxy) is 3. The van der Waals surface area contributed by atoms with Crippen LogP contribution in [0.1, 0.15) is 64.0 Å². The number of carbonyl (C=O) groups excluding carboxylic acids is 2. The summed E-state index contributed by atoms with van der Waals surface area (Å²) in [6.07, 6.45) is 8.92. The van der Waals surface area contributed by atoms with E-state index in [1.54, 1.807) is 46.1 Å². The molecule has 1 fully saturated rings. The zero-order valence-corrected chi connectivity index (χ0v) is 28.6. The van der Waals surface area contributed by atoms with Crippen LogP contribution in [0.25, 0.3) is 0 Å². The average Bonchev–Trinajstić information content (AvgIpc) is 3.16. The van der Waals surface area contributed by atoms with Crippen molar-refractivity contribution in [2.24, 2.45) is 16.2 Å². The molecule has 0 unspecified atom stereocenters. The van der Waals surface area contributed by atoms with E-state index >= 15 is 0 Å². The van der Waals surface area contributed by atoms with Crippen LogP contribution in [0.4, 0.5) is 5.69 Å². The maximum absolute atomic E-state index is 14.6. The second kappa shape index (κ2) is 12.9. The monoisotopic (exact) mass is 669 g/mol. The van der Waals surface area contributed by atoms with Gasteiger partial charge in [-0.25, -0.2) is 4.21 Å². The number of fused-ring (bicyclic) bond motifs is 4. The van der Waals surface area contributed by atoms with Gasteiger partial charge in [-0.3, -0.25) is 14.3 Å². The van der Waals surface area contributed by atoms with Crippen molar-refractivity contribution in [1.29, 1.82) is 0 Å². The molecular formula is C35H44ClN3O6S. The van der Waals surface area contributed by atoms with E-state index in [-0.39, 0.29) is 29.4 Å². The van der Waals surface area contributed by atoms with Crippen molar-refractivity contribution in [3.63, 3.8) is 0 Å². The number of carbonyl (C=O) groups is 2. The molecule has 5 atom stereocenters. The van der Waals surface area contributed by atoms with Gasteiger partial charge in [0.15, 0.2) is 9.92 Å². The van der Waals surface area contributed by atoms with Gasteiger partial charge in [0.05, 0.1) is 29.9 Å². The van der Waals surface area contributed by atoms with Gasteiger partial charge in [-0.15, -0.1) is 4.36 Å². The second-order valence-corrected chi connectivity index (χ2v) is 15.8. The molecule has 2 aliphatic heterocycles. The number of nitrogens with zero attached hydrogens (tertiary/aromatic N) is 2. The lowest BCUT2D eigenvalue weighted by molar-refractivity contribution is -0.137. The quantitative estimate of drug-likeness (QED) is 0.399. The highest BCUT2D eigenvalue weighted by Crippen LogP contribution is 2.47. The van der Waals surface area contributed by atoms with Crippen molar-refractivity contribution in [2.75, 3.05) is 38.3 Å². The van der Waals surface area contributed by atoms with E-state index in [4.69, 9.17) is 25.8 Å². The lowest BCUT2D eigenvalue weighted by Gasteiger charge is -2.46. The Bertz CT molecular complexity index is 1670. The Morgan fingerprint density at radius 2 is 2.04 bits per heavy atom. The van der Waals surface area contributed by atoms with Gasteiger partial charge in [0, 0.05) is 37.1 Å². The maximum Gasteiger partial charge on any atom is 0.287 e. The minimum Gasteiger partial charge on any atom is -0.490 e. The highest BCUT2D eigenvalue weighted by atomic mass is 35.5. The summed E-state index contributed by atoms with van der Waals surface area (Å²) in [4.78, 5) is 28.8. The molecule has 11 heteroatoms. The molecule has 2 aromatic rings. The SMILES string of the molecule is CCC(=O)N[S@@]1(=O)=NC(=O)C(C)(C)OC/C=C/[C@@H](OC)[C@@H]2CC[C@H]2CN2C[C@@]3(CCCc4cc(Cl)ccc43)COc3ccc1cc32. The summed E-state index contributed by atoms with van der Waals surface area (Å²) >= 11 is 6.44. The first-order valence-electron chi connectivity index (χ1n) is 16.2. The predicted molar refractivity (Wildman–Crippen MR) is 179 cm³/mol. The molecule has 0 radical (unpaired) electrons. The van der Waals surface area contributed by atoms with Crippen molar-refractivity contribution in [1.82, 2.24) is 4.72 Å². The number of aryl methyl sites for hydroxylation is 1. The molecule has 0 aromatic heterocycles. The summed E-state index contributed by atoms with van der Waals surface area (Å²) in [5, 5.41) is 0.731. The van der Waals surface area contributed by atoms with Crippen molar-refractivity contribution in [3.8, 4) is 5.75 Å². The lowest BCUT2D eigenvalue weighted by atomic mass is 9.68. The fourth-order valence-corrected chi connectivity index (χ4v) is 9.19. The zero-order valence-electron chi connectivity index (χ0n) is 27.1. The zero-order chi connectivity index (χ0) is 32.7. The maximum atomic E-state index is 14.6. The Kier molecular flexibility index (Phi) is 9.28. The van der Waals surface area contributed by atoms with Crippen molar-refractivity contribution in [2.45, 2.75) is 81.3 Å². The van der Waals surface area contributed by atoms with Crippen molar-refractivity contribution < 1.29 is 28.0 Å². The highest BCUT2D eigenvalue weighted by molar-refractivity contribution is 7.92. The number of amides is 2. The van der Waals surface area contributed by atoms with Crippen LogP contribution >= 0.6 is 11.6 Å². The molecule has 1 saturated carbocycles. The van der Waals surface area contributed by atoms with Gasteiger partial charge in [-0.1, -0.05) is 36.7 Å². The molecule has 4 aliphatic rings. The van der Waals surface area contributed by atoms with E-state index in [0.717, 1.165) is 49.4 Å². The van der Waals surface area contributed by atoms with Gasteiger partial charge in [0.1, 0.15) is 11.4 Å². The summed E-state index contributed by atoms with van der Waals surface area (Å²) in [6.45, 7) is 6.92. The fourth-order valence-electron chi connectivity index (χ4n) is 7.29. The number of rotatable bonds is 3. The number of anilines is 1. The van der Waals surface area contributed by atoms with Crippen LogP contribution in [0.2, 0.25) is 5.02 Å². The second-order valence-electron chi connectivity index (χ2n) is 13.5. The summed E-state index contributed by atoms with van der Waals surface area (Å²) in [6, 6.07) is 11.4. The van der Waals surface area contributed by atoms with Crippen LogP contribution in [0.5, 0.6) is 5.75 Å². The molecule has 1 N–H and O–H groups in total. The van der Waals surface area contributed by atoms with Crippen molar-refractivity contribution in [3.05, 3.63) is 64.7 Å². The van der Waals surface area contributed by atoms with Crippen LogP contribution in [-0.4, -0.2) is 61.1 Å². The van der Waals surface area contributed by atoms with E-state index in [9.17, 15) is 13.8 Å². The van der Waals surface area contributed by atoms with Gasteiger partial charge >= 0.3 is 0 Å². The highest BCUT2D eigenvalue weighted by Gasteiger charge is 2.44. The molecule has 9 nitrogen and oxygen atoms in total. The third-order valence-electron chi connectivity index (χ3n) is 10.1. The van der Waals surface area contributed by atoms with Crippen LogP contribution in [0.15, 0.2) is 57.8 Å². The fraction of sp³-hybridized carbons (Fsp3) is 0.543. The van der Waals surface area contributed by atoms with Gasteiger partial charge in [-0.05, 0) is 99.2 Å². The van der Waals surface area contributed by atoms with Crippen LogP contribution in [-0.2, 0) is 40.8 Å². The standard InChI is InChI=1S/C35H44ClN3O6S/c1-5-32(40)37-46(42)26-12-15-31-29(19-26)39(21-35(22-44-31)16-6-8-23-18-25(36)11-14-28(23)35)20-24-10-13-27(24)30(43-4)9-7-17-45-34(2,3)33(41)38-46/h7,9,11-12,14-15,18-19,24,27,30H,5-6,8,10,13,16-17,20-22H2,1-4H3,(H,37,38,40,41,42)/b9-7+/t24-,27+,30+,35-,46+/m0/s1. The summed E-state index contributed by atoms with van der Waals surface area (Å²) in [5.74, 6) is 0.114. The van der Waals surface area contributed by atoms with Gasteiger partial charge in [0.2, 0.25) is 5.91 Å². The van der Waals surface area contributed by atoms with E-state index in [1.807, 2.05) is 18.2 Å². The van der Waals surface area contributed by atoms with Gasteiger partial charge in [0.25, 0.3) is 5.91 Å². The third kappa shape index (κ3) is 6.33. The van der Waals surface area contributed by atoms with E-state index in [2.05, 4.69) is 26.1 Å².